The third-order valence-corrected chi connectivity index (χ3v) is 4.16. The summed E-state index contributed by atoms with van der Waals surface area (Å²) in [5.41, 5.74) is 2.64. The lowest BCUT2D eigenvalue weighted by Gasteiger charge is -2.18. The number of benzene rings is 1. The Morgan fingerprint density at radius 2 is 2.00 bits per heavy atom. The van der Waals surface area contributed by atoms with Crippen LogP contribution < -0.4 is 4.74 Å². The van der Waals surface area contributed by atoms with Crippen molar-refractivity contribution in [1.82, 2.24) is 0 Å². The van der Waals surface area contributed by atoms with Crippen LogP contribution >= 0.6 is 11.6 Å². The highest BCUT2D eigenvalue weighted by Gasteiger charge is 2.16. The number of carbonyl (C=O) groups excluding carboxylic acids is 2. The Balaban J connectivity index is 2.53. The van der Waals surface area contributed by atoms with Crippen LogP contribution in [0.25, 0.3) is 0 Å². The van der Waals surface area contributed by atoms with E-state index in [1.54, 1.807) is 24.3 Å². The number of hydrogen-bond acceptors (Lipinski definition) is 5. The van der Waals surface area contributed by atoms with Crippen LogP contribution in [-0.4, -0.2) is 31.8 Å². The molecule has 0 saturated carbocycles. The van der Waals surface area contributed by atoms with Gasteiger partial charge in [0.2, 0.25) is 0 Å². The third-order valence-electron chi connectivity index (χ3n) is 3.92. The molecule has 0 spiro atoms. The molecule has 152 valence electrons. The standard InChI is InChI=1S/C22H27ClO5/c1-15(2)19(11-9-16(3)7-6-8-21(24)26-5)28-22(25)14-27-20-12-10-18(23)13-17(20)4/h6-8,10,12-13,19H,1,9,11,14H2,2-5H3/b8-6+,16-7+. The van der Waals surface area contributed by atoms with E-state index in [0.717, 1.165) is 16.7 Å². The summed E-state index contributed by atoms with van der Waals surface area (Å²) in [4.78, 5) is 23.2. The predicted octanol–water partition coefficient (Wildman–Crippen LogP) is 4.97. The first kappa shape index (κ1) is 23.5. The third kappa shape index (κ3) is 8.91. The van der Waals surface area contributed by atoms with E-state index in [2.05, 4.69) is 11.3 Å². The fraction of sp³-hybridized carbons (Fsp3) is 0.364. The number of carbonyl (C=O) groups is 2. The maximum Gasteiger partial charge on any atom is 0.344 e. The van der Waals surface area contributed by atoms with Crippen molar-refractivity contribution in [2.24, 2.45) is 0 Å². The van der Waals surface area contributed by atoms with Crippen LogP contribution in [0.2, 0.25) is 5.02 Å². The van der Waals surface area contributed by atoms with Crippen LogP contribution in [0, 0.1) is 6.92 Å². The van der Waals surface area contributed by atoms with Crippen LogP contribution in [0.5, 0.6) is 5.75 Å². The smallest absolute Gasteiger partial charge is 0.344 e. The average molecular weight is 407 g/mol. The number of halogens is 1. The predicted molar refractivity (Wildman–Crippen MR) is 111 cm³/mol. The molecule has 1 aromatic carbocycles. The summed E-state index contributed by atoms with van der Waals surface area (Å²) in [6.07, 6.45) is 5.67. The lowest BCUT2D eigenvalue weighted by Crippen LogP contribution is -2.23. The molecule has 1 unspecified atom stereocenters. The molecule has 1 aromatic rings. The molecule has 0 heterocycles. The Kier molecular flexibility index (Phi) is 10.1. The van der Waals surface area contributed by atoms with Crippen molar-refractivity contribution in [3.05, 3.63) is 64.7 Å². The topological polar surface area (TPSA) is 61.8 Å². The van der Waals surface area contributed by atoms with Gasteiger partial charge in [0.1, 0.15) is 11.9 Å². The van der Waals surface area contributed by atoms with Gasteiger partial charge in [-0.15, -0.1) is 0 Å². The molecule has 0 aliphatic carbocycles. The van der Waals surface area contributed by atoms with Gasteiger partial charge in [0.25, 0.3) is 0 Å². The Morgan fingerprint density at radius 1 is 1.29 bits per heavy atom. The molecule has 0 bridgehead atoms. The summed E-state index contributed by atoms with van der Waals surface area (Å²) >= 11 is 5.91. The Labute approximate surface area is 171 Å². The molecule has 0 N–H and O–H groups in total. The lowest BCUT2D eigenvalue weighted by molar-refractivity contribution is -0.150. The lowest BCUT2D eigenvalue weighted by atomic mass is 10.0. The van der Waals surface area contributed by atoms with Crippen LogP contribution in [0.4, 0.5) is 0 Å². The van der Waals surface area contributed by atoms with Crippen LogP contribution in [0.15, 0.2) is 54.2 Å². The fourth-order valence-corrected chi connectivity index (χ4v) is 2.54. The quantitative estimate of drug-likeness (QED) is 0.237. The van der Waals surface area contributed by atoms with Crippen molar-refractivity contribution < 1.29 is 23.8 Å². The largest absolute Gasteiger partial charge is 0.482 e. The number of rotatable bonds is 10. The summed E-state index contributed by atoms with van der Waals surface area (Å²) in [5, 5.41) is 0.611. The van der Waals surface area contributed by atoms with Crippen molar-refractivity contribution in [2.75, 3.05) is 13.7 Å². The minimum absolute atomic E-state index is 0.192. The number of hydrogen-bond donors (Lipinski definition) is 0. The summed E-state index contributed by atoms with van der Waals surface area (Å²) < 4.78 is 15.5. The van der Waals surface area contributed by atoms with Crippen molar-refractivity contribution in [1.29, 1.82) is 0 Å². The highest BCUT2D eigenvalue weighted by atomic mass is 35.5. The first-order valence-corrected chi connectivity index (χ1v) is 9.26. The molecule has 0 aliphatic rings. The maximum absolute atomic E-state index is 12.1. The molecule has 28 heavy (non-hydrogen) atoms. The number of methoxy groups -OCH3 is 1. The summed E-state index contributed by atoms with van der Waals surface area (Å²) in [5.74, 6) is -0.285. The van der Waals surface area contributed by atoms with E-state index in [1.807, 2.05) is 26.8 Å². The molecule has 0 aromatic heterocycles. The van der Waals surface area contributed by atoms with E-state index in [1.165, 1.54) is 13.2 Å². The minimum Gasteiger partial charge on any atom is -0.482 e. The molecule has 0 aliphatic heterocycles. The van der Waals surface area contributed by atoms with Gasteiger partial charge < -0.3 is 14.2 Å². The first-order valence-electron chi connectivity index (χ1n) is 8.88. The van der Waals surface area contributed by atoms with Crippen molar-refractivity contribution >= 4 is 23.5 Å². The highest BCUT2D eigenvalue weighted by molar-refractivity contribution is 6.30. The maximum atomic E-state index is 12.1. The van der Waals surface area contributed by atoms with E-state index in [-0.39, 0.29) is 6.61 Å². The van der Waals surface area contributed by atoms with Gasteiger partial charge in [-0.2, -0.15) is 0 Å². The Hall–Kier alpha value is -2.53. The molecule has 5 nitrogen and oxygen atoms in total. The molecule has 6 heteroatoms. The molecule has 1 atom stereocenters. The van der Waals surface area contributed by atoms with Gasteiger partial charge in [-0.1, -0.05) is 35.9 Å². The SMILES string of the molecule is C=C(C)C(CC/C(C)=C/C=C/C(=O)OC)OC(=O)COc1ccc(Cl)cc1C. The zero-order chi connectivity index (χ0) is 21.1. The first-order chi connectivity index (χ1) is 13.2. The Bertz CT molecular complexity index is 764. The van der Waals surface area contributed by atoms with E-state index < -0.39 is 18.0 Å². The fourth-order valence-electron chi connectivity index (χ4n) is 2.31. The summed E-state index contributed by atoms with van der Waals surface area (Å²) in [6, 6.07) is 5.19. The van der Waals surface area contributed by atoms with Crippen LogP contribution in [0.1, 0.15) is 32.3 Å². The van der Waals surface area contributed by atoms with Gasteiger partial charge in [0.15, 0.2) is 6.61 Å². The average Bonchev–Trinajstić information content (AvgIpc) is 2.63. The zero-order valence-electron chi connectivity index (χ0n) is 16.8. The number of aryl methyl sites for hydroxylation is 1. The summed E-state index contributed by atoms with van der Waals surface area (Å²) in [6.45, 7) is 9.31. The van der Waals surface area contributed by atoms with Gasteiger partial charge in [-0.25, -0.2) is 9.59 Å². The summed E-state index contributed by atoms with van der Waals surface area (Å²) in [7, 11) is 1.33. The van der Waals surface area contributed by atoms with E-state index in [4.69, 9.17) is 21.1 Å². The zero-order valence-corrected chi connectivity index (χ0v) is 17.5. The van der Waals surface area contributed by atoms with Crippen molar-refractivity contribution in [2.45, 2.75) is 39.7 Å². The minimum atomic E-state index is -0.463. The molecule has 0 fully saturated rings. The monoisotopic (exact) mass is 406 g/mol. The molecular formula is C22H27ClO5. The molecule has 0 amide bonds. The van der Waals surface area contributed by atoms with Crippen LogP contribution in [-0.2, 0) is 19.1 Å². The van der Waals surface area contributed by atoms with E-state index >= 15 is 0 Å². The van der Waals surface area contributed by atoms with Crippen molar-refractivity contribution in [3.63, 3.8) is 0 Å². The van der Waals surface area contributed by atoms with E-state index in [0.29, 0.717) is 23.6 Å². The van der Waals surface area contributed by atoms with Gasteiger partial charge in [0, 0.05) is 11.1 Å². The molecule has 0 saturated heterocycles. The highest BCUT2D eigenvalue weighted by Crippen LogP contribution is 2.22. The van der Waals surface area contributed by atoms with Crippen LogP contribution in [0.3, 0.4) is 0 Å². The van der Waals surface area contributed by atoms with Gasteiger partial charge in [-0.3, -0.25) is 0 Å². The van der Waals surface area contributed by atoms with Gasteiger partial charge >= 0.3 is 11.9 Å². The molecular weight excluding hydrogens is 380 g/mol. The molecule has 1 rings (SSSR count). The second kappa shape index (κ2) is 12.0. The number of ether oxygens (including phenoxy) is 3. The number of esters is 2. The van der Waals surface area contributed by atoms with E-state index in [9.17, 15) is 9.59 Å². The molecule has 0 radical (unpaired) electrons. The van der Waals surface area contributed by atoms with Gasteiger partial charge in [0.05, 0.1) is 7.11 Å². The number of allylic oxidation sites excluding steroid dienone is 3. The Morgan fingerprint density at radius 3 is 2.61 bits per heavy atom. The normalized spacial score (nSPS) is 12.5. The van der Waals surface area contributed by atoms with Gasteiger partial charge in [-0.05, 0) is 62.9 Å². The second-order valence-electron chi connectivity index (χ2n) is 6.46. The second-order valence-corrected chi connectivity index (χ2v) is 6.89. The van der Waals surface area contributed by atoms with Crippen molar-refractivity contribution in [3.8, 4) is 5.75 Å².